The van der Waals surface area contributed by atoms with Gasteiger partial charge in [0.15, 0.2) is 11.4 Å². The zero-order valence-electron chi connectivity index (χ0n) is 14.4. The van der Waals surface area contributed by atoms with Gasteiger partial charge in [-0.3, -0.25) is 4.79 Å². The largest absolute Gasteiger partial charge is 0.497 e. The molecule has 0 saturated heterocycles. The molecule has 1 unspecified atom stereocenters. The lowest BCUT2D eigenvalue weighted by atomic mass is 9.96. The van der Waals surface area contributed by atoms with E-state index in [2.05, 4.69) is 5.10 Å². The van der Waals surface area contributed by atoms with E-state index in [0.29, 0.717) is 16.9 Å². The second kappa shape index (κ2) is 6.97. The molecule has 1 aliphatic heterocycles. The van der Waals surface area contributed by atoms with Gasteiger partial charge in [0.05, 0.1) is 20.6 Å². The Morgan fingerprint density at radius 1 is 1.08 bits per heavy atom. The Morgan fingerprint density at radius 2 is 1.73 bits per heavy atom. The predicted octanol–water partition coefficient (Wildman–Crippen LogP) is 1.92. The molecule has 0 aromatic heterocycles. The molecule has 0 saturated carbocycles. The minimum Gasteiger partial charge on any atom is -0.497 e. The van der Waals surface area contributed by atoms with E-state index in [1.54, 1.807) is 54.6 Å². The summed E-state index contributed by atoms with van der Waals surface area (Å²) < 4.78 is 9.82. The molecule has 0 radical (unpaired) electrons. The van der Waals surface area contributed by atoms with Gasteiger partial charge in [-0.25, -0.2) is 4.79 Å². The van der Waals surface area contributed by atoms with Crippen molar-refractivity contribution >= 4 is 17.6 Å². The van der Waals surface area contributed by atoms with E-state index >= 15 is 0 Å². The maximum Gasteiger partial charge on any atom is 0.354 e. The van der Waals surface area contributed by atoms with E-state index < -0.39 is 17.6 Å². The molecular weight excluding hydrogens is 336 g/mol. The van der Waals surface area contributed by atoms with E-state index in [9.17, 15) is 14.7 Å². The molecular formula is C19H18N2O5. The zero-order valence-corrected chi connectivity index (χ0v) is 14.4. The first-order valence-electron chi connectivity index (χ1n) is 7.92. The van der Waals surface area contributed by atoms with Gasteiger partial charge in [0.1, 0.15) is 5.75 Å². The monoisotopic (exact) mass is 354 g/mol. The first kappa shape index (κ1) is 17.6. The van der Waals surface area contributed by atoms with Crippen molar-refractivity contribution in [3.8, 4) is 5.75 Å². The van der Waals surface area contributed by atoms with Gasteiger partial charge < -0.3 is 14.6 Å². The topological polar surface area (TPSA) is 88.4 Å². The summed E-state index contributed by atoms with van der Waals surface area (Å²) in [6.07, 6.45) is -0.176. The highest BCUT2D eigenvalue weighted by atomic mass is 16.5. The quantitative estimate of drug-likeness (QED) is 0.848. The van der Waals surface area contributed by atoms with Crippen LogP contribution in [0.15, 0.2) is 59.7 Å². The average Bonchev–Trinajstić information content (AvgIpc) is 3.06. The molecule has 0 aliphatic carbocycles. The van der Waals surface area contributed by atoms with Gasteiger partial charge in [-0.2, -0.15) is 10.1 Å². The predicted molar refractivity (Wildman–Crippen MR) is 93.6 cm³/mol. The summed E-state index contributed by atoms with van der Waals surface area (Å²) in [5.74, 6) is -0.617. The summed E-state index contributed by atoms with van der Waals surface area (Å²) in [5.41, 5.74) is -1.09. The van der Waals surface area contributed by atoms with Crippen LogP contribution in [-0.2, 0) is 15.3 Å². The number of methoxy groups -OCH3 is 2. The number of ether oxygens (including phenoxy) is 2. The maximum absolute atomic E-state index is 12.9. The molecule has 0 bridgehead atoms. The third-order valence-corrected chi connectivity index (χ3v) is 4.17. The summed E-state index contributed by atoms with van der Waals surface area (Å²) in [7, 11) is 2.75. The number of carbonyl (C=O) groups excluding carboxylic acids is 2. The Balaban J connectivity index is 2.03. The highest BCUT2D eigenvalue weighted by Gasteiger charge is 2.48. The van der Waals surface area contributed by atoms with Crippen molar-refractivity contribution in [2.75, 3.05) is 14.2 Å². The van der Waals surface area contributed by atoms with Crippen LogP contribution in [0.3, 0.4) is 0 Å². The number of esters is 1. The lowest BCUT2D eigenvalue weighted by Crippen LogP contribution is -2.43. The van der Waals surface area contributed by atoms with Gasteiger partial charge >= 0.3 is 5.97 Å². The maximum atomic E-state index is 12.9. The van der Waals surface area contributed by atoms with Gasteiger partial charge in [-0.05, 0) is 24.3 Å². The van der Waals surface area contributed by atoms with Crippen molar-refractivity contribution in [1.82, 2.24) is 5.01 Å². The van der Waals surface area contributed by atoms with Gasteiger partial charge in [0.25, 0.3) is 5.91 Å². The van der Waals surface area contributed by atoms with Crippen LogP contribution in [0.25, 0.3) is 0 Å². The van der Waals surface area contributed by atoms with Crippen LogP contribution in [0, 0.1) is 0 Å². The number of nitrogens with zero attached hydrogens (tertiary/aromatic N) is 2. The zero-order chi connectivity index (χ0) is 18.7. The molecule has 1 aliphatic rings. The Morgan fingerprint density at radius 3 is 2.31 bits per heavy atom. The summed E-state index contributed by atoms with van der Waals surface area (Å²) in [6.45, 7) is 0. The molecule has 7 nitrogen and oxygen atoms in total. The standard InChI is InChI=1S/C19H18N2O5/c1-25-15-10-8-14(9-11-15)19(24)12-16(18(23)26-2)20-21(19)17(22)13-6-4-3-5-7-13/h3-11,24H,12H2,1-2H3. The number of aliphatic hydroxyl groups is 1. The highest BCUT2D eigenvalue weighted by molar-refractivity contribution is 6.37. The van der Waals surface area contributed by atoms with E-state index in [4.69, 9.17) is 9.47 Å². The lowest BCUT2D eigenvalue weighted by molar-refractivity contribution is -0.133. The molecule has 1 atom stereocenters. The van der Waals surface area contributed by atoms with Crippen LogP contribution < -0.4 is 4.74 Å². The first-order chi connectivity index (χ1) is 12.5. The minimum absolute atomic E-state index is 0.0323. The first-order valence-corrected chi connectivity index (χ1v) is 7.92. The molecule has 0 spiro atoms. The second-order valence-corrected chi connectivity index (χ2v) is 5.74. The number of hydrogen-bond donors (Lipinski definition) is 1. The third-order valence-electron chi connectivity index (χ3n) is 4.17. The van der Waals surface area contributed by atoms with Gasteiger partial charge in [0.2, 0.25) is 0 Å². The number of carbonyl (C=O) groups is 2. The smallest absolute Gasteiger partial charge is 0.354 e. The lowest BCUT2D eigenvalue weighted by Gasteiger charge is -2.31. The van der Waals surface area contributed by atoms with Crippen LogP contribution in [-0.4, -0.2) is 41.9 Å². The van der Waals surface area contributed by atoms with Crippen LogP contribution in [0.4, 0.5) is 0 Å². The van der Waals surface area contributed by atoms with E-state index in [0.717, 1.165) is 5.01 Å². The van der Waals surface area contributed by atoms with Crippen molar-refractivity contribution in [2.24, 2.45) is 5.10 Å². The third kappa shape index (κ3) is 3.04. The van der Waals surface area contributed by atoms with Crippen molar-refractivity contribution in [3.05, 3.63) is 65.7 Å². The van der Waals surface area contributed by atoms with Gasteiger partial charge in [-0.1, -0.05) is 30.3 Å². The number of hydrogen-bond acceptors (Lipinski definition) is 6. The van der Waals surface area contributed by atoms with Crippen molar-refractivity contribution in [3.63, 3.8) is 0 Å². The fourth-order valence-corrected chi connectivity index (χ4v) is 2.78. The van der Waals surface area contributed by atoms with Gasteiger partial charge in [0, 0.05) is 11.1 Å². The molecule has 2 aromatic carbocycles. The second-order valence-electron chi connectivity index (χ2n) is 5.74. The van der Waals surface area contributed by atoms with Crippen LogP contribution in [0.2, 0.25) is 0 Å². The van der Waals surface area contributed by atoms with E-state index in [1.807, 2.05) is 0 Å². The Bertz CT molecular complexity index is 848. The summed E-state index contributed by atoms with van der Waals surface area (Å²) in [6, 6.07) is 15.0. The van der Waals surface area contributed by atoms with Crippen LogP contribution in [0.5, 0.6) is 5.75 Å². The van der Waals surface area contributed by atoms with Crippen LogP contribution in [0.1, 0.15) is 22.3 Å². The SMILES string of the molecule is COC(=O)C1=NN(C(=O)c2ccccc2)C(O)(c2ccc(OC)cc2)C1. The molecule has 26 heavy (non-hydrogen) atoms. The van der Waals surface area contributed by atoms with Gasteiger partial charge in [-0.15, -0.1) is 0 Å². The Hall–Kier alpha value is -3.19. The molecule has 1 amide bonds. The molecule has 1 N–H and O–H groups in total. The summed E-state index contributed by atoms with van der Waals surface area (Å²) in [5, 5.41) is 16.3. The van der Waals surface area contributed by atoms with E-state index in [-0.39, 0.29) is 12.1 Å². The van der Waals surface area contributed by atoms with Crippen molar-refractivity contribution < 1.29 is 24.2 Å². The molecule has 0 fully saturated rings. The minimum atomic E-state index is -1.80. The highest BCUT2D eigenvalue weighted by Crippen LogP contribution is 2.37. The number of amides is 1. The summed E-state index contributed by atoms with van der Waals surface area (Å²) >= 11 is 0. The fraction of sp³-hybridized carbons (Fsp3) is 0.211. The number of rotatable bonds is 4. The molecule has 3 rings (SSSR count). The van der Waals surface area contributed by atoms with Crippen LogP contribution >= 0.6 is 0 Å². The molecule has 134 valence electrons. The average molecular weight is 354 g/mol. The Labute approximate surface area is 150 Å². The molecule has 7 heteroatoms. The number of hydrazone groups is 1. The normalized spacial score (nSPS) is 19.0. The fourth-order valence-electron chi connectivity index (χ4n) is 2.78. The van der Waals surface area contributed by atoms with Crippen molar-refractivity contribution in [2.45, 2.75) is 12.1 Å². The molecule has 2 aromatic rings. The van der Waals surface area contributed by atoms with Crippen molar-refractivity contribution in [1.29, 1.82) is 0 Å². The summed E-state index contributed by atoms with van der Waals surface area (Å²) in [4.78, 5) is 24.8. The van der Waals surface area contributed by atoms with E-state index in [1.165, 1.54) is 14.2 Å². The Kier molecular flexibility index (Phi) is 4.73. The molecule has 1 heterocycles. The number of benzene rings is 2.